The van der Waals surface area contributed by atoms with Crippen LogP contribution in [-0.4, -0.2) is 37.5 Å². The Balaban J connectivity index is 1.64. The molecule has 0 radical (unpaired) electrons. The van der Waals surface area contributed by atoms with Crippen molar-refractivity contribution < 1.29 is 4.79 Å². The van der Waals surface area contributed by atoms with E-state index >= 15 is 0 Å². The first kappa shape index (κ1) is 14.5. The van der Waals surface area contributed by atoms with E-state index in [0.29, 0.717) is 18.2 Å². The lowest BCUT2D eigenvalue weighted by Gasteiger charge is -2.23. The monoisotopic (exact) mass is 280 g/mol. The van der Waals surface area contributed by atoms with Crippen LogP contribution in [0.15, 0.2) is 17.5 Å². The summed E-state index contributed by atoms with van der Waals surface area (Å²) >= 11 is 1.77. The Bertz CT molecular complexity index is 372. The first-order valence-corrected chi connectivity index (χ1v) is 8.10. The zero-order valence-corrected chi connectivity index (χ0v) is 12.5. The number of thiophene rings is 1. The molecular formula is C15H24N2OS. The van der Waals surface area contributed by atoms with Crippen molar-refractivity contribution in [2.24, 2.45) is 5.92 Å². The van der Waals surface area contributed by atoms with Crippen molar-refractivity contribution in [2.45, 2.75) is 32.1 Å². The van der Waals surface area contributed by atoms with Crippen molar-refractivity contribution in [1.82, 2.24) is 10.2 Å². The lowest BCUT2D eigenvalue weighted by Crippen LogP contribution is -2.32. The third kappa shape index (κ3) is 4.96. The number of likely N-dealkylation sites (N-methyl/N-ethyl adjacent to an activating group) is 1. The zero-order valence-electron chi connectivity index (χ0n) is 11.7. The summed E-state index contributed by atoms with van der Waals surface area (Å²) in [5, 5.41) is 5.50. The van der Waals surface area contributed by atoms with E-state index in [-0.39, 0.29) is 0 Å². The molecule has 1 aromatic heterocycles. The number of amides is 1. The van der Waals surface area contributed by atoms with Crippen LogP contribution in [-0.2, 0) is 11.2 Å². The highest BCUT2D eigenvalue weighted by molar-refractivity contribution is 7.09. The second-order valence-electron chi connectivity index (χ2n) is 5.40. The fourth-order valence-electron chi connectivity index (χ4n) is 2.55. The summed E-state index contributed by atoms with van der Waals surface area (Å²) in [6.07, 6.45) is 5.25. The summed E-state index contributed by atoms with van der Waals surface area (Å²) < 4.78 is 0. The molecule has 106 valence electrons. The van der Waals surface area contributed by atoms with E-state index in [1.54, 1.807) is 11.3 Å². The Kier molecular flexibility index (Phi) is 5.86. The molecule has 1 amide bonds. The van der Waals surface area contributed by atoms with E-state index in [9.17, 15) is 4.79 Å². The molecule has 1 N–H and O–H groups in total. The topological polar surface area (TPSA) is 32.3 Å². The standard InChI is InChI=1S/C15H24N2OS/c1-17(10-8-14-5-3-11-19-14)15(18)7-6-13-4-2-9-16-12-13/h3,5,11,13,16H,2,4,6-10,12H2,1H3. The van der Waals surface area contributed by atoms with Gasteiger partial charge < -0.3 is 10.2 Å². The zero-order chi connectivity index (χ0) is 13.5. The Labute approximate surface area is 120 Å². The number of hydrogen-bond donors (Lipinski definition) is 1. The highest BCUT2D eigenvalue weighted by atomic mass is 32.1. The molecule has 1 saturated heterocycles. The van der Waals surface area contributed by atoms with Gasteiger partial charge in [-0.1, -0.05) is 6.07 Å². The third-order valence-corrected chi connectivity index (χ3v) is 4.80. The molecule has 4 heteroatoms. The summed E-state index contributed by atoms with van der Waals surface area (Å²) in [4.78, 5) is 15.3. The molecule has 2 heterocycles. The van der Waals surface area contributed by atoms with Crippen LogP contribution in [0, 0.1) is 5.92 Å². The maximum absolute atomic E-state index is 12.1. The first-order chi connectivity index (χ1) is 9.25. The minimum Gasteiger partial charge on any atom is -0.345 e. The maximum atomic E-state index is 12.1. The smallest absolute Gasteiger partial charge is 0.222 e. The number of piperidine rings is 1. The van der Waals surface area contributed by atoms with E-state index in [1.165, 1.54) is 17.7 Å². The average Bonchev–Trinajstić information content (AvgIpc) is 2.96. The van der Waals surface area contributed by atoms with Gasteiger partial charge in [-0.3, -0.25) is 4.79 Å². The summed E-state index contributed by atoms with van der Waals surface area (Å²) in [5.41, 5.74) is 0. The van der Waals surface area contributed by atoms with Crippen LogP contribution in [0.5, 0.6) is 0 Å². The van der Waals surface area contributed by atoms with Gasteiger partial charge in [0.25, 0.3) is 0 Å². The van der Waals surface area contributed by atoms with Crippen LogP contribution in [0.2, 0.25) is 0 Å². The number of nitrogens with zero attached hydrogens (tertiary/aromatic N) is 1. The van der Waals surface area contributed by atoms with Gasteiger partial charge in [-0.15, -0.1) is 11.3 Å². The lowest BCUT2D eigenvalue weighted by atomic mass is 9.94. The van der Waals surface area contributed by atoms with E-state index in [0.717, 1.165) is 32.5 Å². The van der Waals surface area contributed by atoms with E-state index in [4.69, 9.17) is 0 Å². The van der Waals surface area contributed by atoms with E-state index in [2.05, 4.69) is 22.8 Å². The van der Waals surface area contributed by atoms with Crippen molar-refractivity contribution >= 4 is 17.2 Å². The number of hydrogen-bond acceptors (Lipinski definition) is 3. The van der Waals surface area contributed by atoms with Gasteiger partial charge in [0.1, 0.15) is 0 Å². The molecule has 1 fully saturated rings. The van der Waals surface area contributed by atoms with Crippen LogP contribution in [0.3, 0.4) is 0 Å². The molecule has 3 nitrogen and oxygen atoms in total. The highest BCUT2D eigenvalue weighted by Gasteiger charge is 2.16. The van der Waals surface area contributed by atoms with Crippen LogP contribution < -0.4 is 5.32 Å². The third-order valence-electron chi connectivity index (χ3n) is 3.86. The molecule has 1 aliphatic rings. The summed E-state index contributed by atoms with van der Waals surface area (Å²) in [5.74, 6) is 0.991. The Morgan fingerprint density at radius 1 is 1.58 bits per heavy atom. The molecule has 0 aliphatic carbocycles. The SMILES string of the molecule is CN(CCc1cccs1)C(=O)CCC1CCCNC1. The van der Waals surface area contributed by atoms with Gasteiger partial charge in [0, 0.05) is 24.9 Å². The molecule has 1 aliphatic heterocycles. The van der Waals surface area contributed by atoms with Crippen molar-refractivity contribution in [3.8, 4) is 0 Å². The maximum Gasteiger partial charge on any atom is 0.222 e. The molecular weight excluding hydrogens is 256 g/mol. The number of carbonyl (C=O) groups is 1. The van der Waals surface area contributed by atoms with E-state index < -0.39 is 0 Å². The lowest BCUT2D eigenvalue weighted by molar-refractivity contribution is -0.130. The van der Waals surface area contributed by atoms with Crippen LogP contribution in [0.25, 0.3) is 0 Å². The van der Waals surface area contributed by atoms with Gasteiger partial charge >= 0.3 is 0 Å². The van der Waals surface area contributed by atoms with Crippen molar-refractivity contribution in [3.05, 3.63) is 22.4 Å². The molecule has 0 saturated carbocycles. The Hall–Kier alpha value is -0.870. The minimum absolute atomic E-state index is 0.294. The molecule has 1 aromatic rings. The summed E-state index contributed by atoms with van der Waals surface area (Å²) in [6.45, 7) is 3.07. The van der Waals surface area contributed by atoms with Gasteiger partial charge in [0.2, 0.25) is 5.91 Å². The predicted octanol–water partition coefficient (Wildman–Crippen LogP) is 2.53. The molecule has 19 heavy (non-hydrogen) atoms. The number of rotatable bonds is 6. The van der Waals surface area contributed by atoms with Gasteiger partial charge in [-0.05, 0) is 56.1 Å². The van der Waals surface area contributed by atoms with Crippen molar-refractivity contribution in [2.75, 3.05) is 26.7 Å². The molecule has 1 atom stereocenters. The quantitative estimate of drug-likeness (QED) is 0.868. The van der Waals surface area contributed by atoms with E-state index in [1.807, 2.05) is 11.9 Å². The Morgan fingerprint density at radius 3 is 3.16 bits per heavy atom. The minimum atomic E-state index is 0.294. The molecule has 0 aromatic carbocycles. The number of carbonyl (C=O) groups excluding carboxylic acids is 1. The number of nitrogens with one attached hydrogen (secondary N) is 1. The highest BCUT2D eigenvalue weighted by Crippen LogP contribution is 2.16. The molecule has 0 spiro atoms. The second-order valence-corrected chi connectivity index (χ2v) is 6.43. The van der Waals surface area contributed by atoms with Crippen LogP contribution in [0.4, 0.5) is 0 Å². The van der Waals surface area contributed by atoms with Crippen LogP contribution in [0.1, 0.15) is 30.6 Å². The van der Waals surface area contributed by atoms with Crippen LogP contribution >= 0.6 is 11.3 Å². The molecule has 0 bridgehead atoms. The predicted molar refractivity (Wildman–Crippen MR) is 80.5 cm³/mol. The fourth-order valence-corrected chi connectivity index (χ4v) is 3.24. The molecule has 1 unspecified atom stereocenters. The summed E-state index contributed by atoms with van der Waals surface area (Å²) in [7, 11) is 1.93. The van der Waals surface area contributed by atoms with Gasteiger partial charge in [0.05, 0.1) is 0 Å². The van der Waals surface area contributed by atoms with Gasteiger partial charge in [-0.2, -0.15) is 0 Å². The largest absolute Gasteiger partial charge is 0.345 e. The normalized spacial score (nSPS) is 19.3. The second kappa shape index (κ2) is 7.65. The average molecular weight is 280 g/mol. The van der Waals surface area contributed by atoms with Crippen molar-refractivity contribution in [1.29, 1.82) is 0 Å². The van der Waals surface area contributed by atoms with Crippen molar-refractivity contribution in [3.63, 3.8) is 0 Å². The molecule has 2 rings (SSSR count). The fraction of sp³-hybridized carbons (Fsp3) is 0.667. The van der Waals surface area contributed by atoms with Gasteiger partial charge in [0.15, 0.2) is 0 Å². The van der Waals surface area contributed by atoms with Gasteiger partial charge in [-0.25, -0.2) is 0 Å². The Morgan fingerprint density at radius 2 is 2.47 bits per heavy atom. The first-order valence-electron chi connectivity index (χ1n) is 7.23. The summed E-state index contributed by atoms with van der Waals surface area (Å²) in [6, 6.07) is 4.20.